The molecule has 0 aliphatic carbocycles. The van der Waals surface area contributed by atoms with E-state index in [1.165, 1.54) is 6.08 Å². The van der Waals surface area contributed by atoms with Crippen LogP contribution in [0.1, 0.15) is 5.56 Å². The van der Waals surface area contributed by atoms with Crippen molar-refractivity contribution in [2.24, 2.45) is 0 Å². The fraction of sp³-hybridized carbons (Fsp3) is 0.111. The molecule has 0 heterocycles. The number of esters is 1. The van der Waals surface area contributed by atoms with Crippen molar-refractivity contribution in [2.75, 3.05) is 18.2 Å². The molecular formula is C18H14F3NO3S. The van der Waals surface area contributed by atoms with Crippen molar-refractivity contribution >= 4 is 35.4 Å². The van der Waals surface area contributed by atoms with Gasteiger partial charge in [0.15, 0.2) is 24.1 Å². The van der Waals surface area contributed by atoms with Crippen LogP contribution < -0.4 is 5.32 Å². The maximum absolute atomic E-state index is 13.4. The minimum absolute atomic E-state index is 0.547. The summed E-state index contributed by atoms with van der Waals surface area (Å²) < 4.78 is 44.0. The number of carbonyl (C=O) groups is 2. The summed E-state index contributed by atoms with van der Waals surface area (Å²) in [5.74, 6) is -6.27. The molecule has 2 aromatic rings. The first-order valence-electron chi connectivity index (χ1n) is 7.33. The van der Waals surface area contributed by atoms with Crippen molar-refractivity contribution in [2.45, 2.75) is 4.90 Å². The van der Waals surface area contributed by atoms with Crippen LogP contribution in [0.5, 0.6) is 0 Å². The Bertz CT molecular complexity index is 838. The number of benzene rings is 2. The standard InChI is InChI=1S/C18H14F3NO3S/c1-26-12-5-2-11(3-6-12)4-9-16(24)25-10-15(23)22-14-8-7-13(19)17(20)18(14)21/h2-9H,10H2,1H3,(H,22,23)/b9-4+. The fourth-order valence-corrected chi connectivity index (χ4v) is 2.28. The monoisotopic (exact) mass is 381 g/mol. The summed E-state index contributed by atoms with van der Waals surface area (Å²) in [5.41, 5.74) is 0.224. The van der Waals surface area contributed by atoms with Gasteiger partial charge in [-0.1, -0.05) is 12.1 Å². The van der Waals surface area contributed by atoms with Gasteiger partial charge >= 0.3 is 5.97 Å². The van der Waals surface area contributed by atoms with Gasteiger partial charge in [0.2, 0.25) is 0 Å². The first-order chi connectivity index (χ1) is 12.4. The summed E-state index contributed by atoms with van der Waals surface area (Å²) in [6, 6.07) is 8.94. The van der Waals surface area contributed by atoms with E-state index in [9.17, 15) is 22.8 Å². The third-order valence-electron chi connectivity index (χ3n) is 3.18. The highest BCUT2D eigenvalue weighted by Gasteiger charge is 2.15. The van der Waals surface area contributed by atoms with Gasteiger partial charge in [-0.3, -0.25) is 4.79 Å². The highest BCUT2D eigenvalue weighted by atomic mass is 32.2. The summed E-state index contributed by atoms with van der Waals surface area (Å²) in [6.45, 7) is -0.701. The second-order valence-electron chi connectivity index (χ2n) is 4.99. The number of amides is 1. The molecule has 1 amide bonds. The predicted molar refractivity (Wildman–Crippen MR) is 93.2 cm³/mol. The lowest BCUT2D eigenvalue weighted by atomic mass is 10.2. The van der Waals surface area contributed by atoms with Gasteiger partial charge in [0.05, 0.1) is 5.69 Å². The second-order valence-corrected chi connectivity index (χ2v) is 5.86. The molecule has 0 aromatic heterocycles. The number of hydrogen-bond acceptors (Lipinski definition) is 4. The topological polar surface area (TPSA) is 55.4 Å². The van der Waals surface area contributed by atoms with E-state index in [0.29, 0.717) is 6.07 Å². The van der Waals surface area contributed by atoms with E-state index >= 15 is 0 Å². The van der Waals surface area contributed by atoms with E-state index in [2.05, 4.69) is 0 Å². The zero-order chi connectivity index (χ0) is 19.1. The van der Waals surface area contributed by atoms with E-state index in [0.717, 1.165) is 22.6 Å². The van der Waals surface area contributed by atoms with E-state index in [1.54, 1.807) is 11.8 Å². The average molecular weight is 381 g/mol. The summed E-state index contributed by atoms with van der Waals surface area (Å²) in [6.07, 6.45) is 4.60. The Kier molecular flexibility index (Phi) is 6.85. The van der Waals surface area contributed by atoms with Gasteiger partial charge in [-0.2, -0.15) is 0 Å². The van der Waals surface area contributed by atoms with Crippen LogP contribution in [0.2, 0.25) is 0 Å². The second kappa shape index (κ2) is 9.10. The van der Waals surface area contributed by atoms with Crippen LogP contribution in [0.15, 0.2) is 47.4 Å². The SMILES string of the molecule is CSc1ccc(/C=C/C(=O)OCC(=O)Nc2ccc(F)c(F)c2F)cc1. The van der Waals surface area contributed by atoms with Gasteiger partial charge in [0.1, 0.15) is 0 Å². The Morgan fingerprint density at radius 3 is 2.42 bits per heavy atom. The fourth-order valence-electron chi connectivity index (χ4n) is 1.87. The number of nitrogens with one attached hydrogen (secondary N) is 1. The first-order valence-corrected chi connectivity index (χ1v) is 8.55. The largest absolute Gasteiger partial charge is 0.452 e. The van der Waals surface area contributed by atoms with Gasteiger partial charge in [-0.25, -0.2) is 18.0 Å². The van der Waals surface area contributed by atoms with Gasteiger partial charge in [0.25, 0.3) is 5.91 Å². The highest BCUT2D eigenvalue weighted by Crippen LogP contribution is 2.19. The Hall–Kier alpha value is -2.74. The van der Waals surface area contributed by atoms with Crippen molar-refractivity contribution in [3.8, 4) is 0 Å². The predicted octanol–water partition coefficient (Wildman–Crippen LogP) is 4.02. The number of halogens is 3. The minimum atomic E-state index is -1.70. The molecule has 0 aliphatic rings. The van der Waals surface area contributed by atoms with Crippen LogP contribution >= 0.6 is 11.8 Å². The van der Waals surface area contributed by atoms with Crippen molar-refractivity contribution in [3.63, 3.8) is 0 Å². The molecule has 0 bridgehead atoms. The molecule has 0 spiro atoms. The number of anilines is 1. The summed E-state index contributed by atoms with van der Waals surface area (Å²) in [4.78, 5) is 24.3. The minimum Gasteiger partial charge on any atom is -0.452 e. The molecule has 0 saturated heterocycles. The van der Waals surface area contributed by atoms with E-state index in [4.69, 9.17) is 4.74 Å². The zero-order valence-electron chi connectivity index (χ0n) is 13.6. The Labute approximate surface area is 152 Å². The quantitative estimate of drug-likeness (QED) is 0.355. The average Bonchev–Trinajstić information content (AvgIpc) is 2.65. The molecule has 8 heteroatoms. The van der Waals surface area contributed by atoms with Crippen molar-refractivity contribution in [1.29, 1.82) is 0 Å². The zero-order valence-corrected chi connectivity index (χ0v) is 14.4. The molecule has 0 radical (unpaired) electrons. The van der Waals surface area contributed by atoms with Crippen LogP contribution in [0.3, 0.4) is 0 Å². The van der Waals surface area contributed by atoms with Crippen LogP contribution in [-0.4, -0.2) is 24.7 Å². The molecule has 4 nitrogen and oxygen atoms in total. The molecule has 0 aliphatic heterocycles. The van der Waals surface area contributed by atoms with Crippen molar-refractivity contribution in [1.82, 2.24) is 0 Å². The summed E-state index contributed by atoms with van der Waals surface area (Å²) in [5, 5.41) is 2.00. The molecule has 0 saturated carbocycles. The molecule has 0 atom stereocenters. The molecule has 2 aromatic carbocycles. The lowest BCUT2D eigenvalue weighted by molar-refractivity contribution is -0.142. The van der Waals surface area contributed by atoms with Crippen LogP contribution in [-0.2, 0) is 14.3 Å². The molecular weight excluding hydrogens is 367 g/mol. The molecule has 0 fully saturated rings. The third kappa shape index (κ3) is 5.38. The summed E-state index contributed by atoms with van der Waals surface area (Å²) >= 11 is 1.59. The molecule has 2 rings (SSSR count). The number of ether oxygens (including phenoxy) is 1. The molecule has 26 heavy (non-hydrogen) atoms. The van der Waals surface area contributed by atoms with Crippen LogP contribution in [0.4, 0.5) is 18.9 Å². The Morgan fingerprint density at radius 1 is 1.08 bits per heavy atom. The van der Waals surface area contributed by atoms with Crippen molar-refractivity contribution in [3.05, 3.63) is 65.5 Å². The van der Waals surface area contributed by atoms with Gasteiger partial charge in [-0.15, -0.1) is 11.8 Å². The number of hydrogen-bond donors (Lipinski definition) is 1. The lowest BCUT2D eigenvalue weighted by Gasteiger charge is -2.07. The van der Waals surface area contributed by atoms with E-state index < -0.39 is 41.6 Å². The summed E-state index contributed by atoms with van der Waals surface area (Å²) in [7, 11) is 0. The maximum Gasteiger partial charge on any atom is 0.331 e. The van der Waals surface area contributed by atoms with Gasteiger partial charge in [-0.05, 0) is 42.2 Å². The Morgan fingerprint density at radius 2 is 1.77 bits per heavy atom. The van der Waals surface area contributed by atoms with E-state index in [1.807, 2.05) is 35.8 Å². The lowest BCUT2D eigenvalue weighted by Crippen LogP contribution is -2.21. The van der Waals surface area contributed by atoms with Gasteiger partial charge in [0, 0.05) is 11.0 Å². The number of thioether (sulfide) groups is 1. The maximum atomic E-state index is 13.4. The normalized spacial score (nSPS) is 10.8. The molecule has 0 unspecified atom stereocenters. The first kappa shape index (κ1) is 19.6. The smallest absolute Gasteiger partial charge is 0.331 e. The Balaban J connectivity index is 1.85. The van der Waals surface area contributed by atoms with Crippen LogP contribution in [0.25, 0.3) is 6.08 Å². The van der Waals surface area contributed by atoms with E-state index in [-0.39, 0.29) is 0 Å². The van der Waals surface area contributed by atoms with Crippen LogP contribution in [0, 0.1) is 17.5 Å². The number of carbonyl (C=O) groups excluding carboxylic acids is 2. The highest BCUT2D eigenvalue weighted by molar-refractivity contribution is 7.98. The van der Waals surface area contributed by atoms with Crippen molar-refractivity contribution < 1.29 is 27.5 Å². The number of rotatable bonds is 6. The third-order valence-corrected chi connectivity index (χ3v) is 3.93. The van der Waals surface area contributed by atoms with Gasteiger partial charge < -0.3 is 10.1 Å². The molecule has 136 valence electrons. The molecule has 1 N–H and O–H groups in total.